The molecule has 2 aromatic carbocycles. The minimum absolute atomic E-state index is 0.329. The molecule has 0 bridgehead atoms. The number of carbonyl (C=O) groups excluding carboxylic acids is 1. The summed E-state index contributed by atoms with van der Waals surface area (Å²) in [6.45, 7) is -0.523. The Kier molecular flexibility index (Phi) is 5.12. The van der Waals surface area contributed by atoms with Crippen molar-refractivity contribution < 1.29 is 28.2 Å². The molecular weight excluding hydrogens is 335 g/mol. The number of amides is 1. The summed E-state index contributed by atoms with van der Waals surface area (Å²) in [7, 11) is 0. The van der Waals surface area contributed by atoms with E-state index in [-0.39, 0.29) is 0 Å². The molecular formula is C15H11ClF3NO3. The van der Waals surface area contributed by atoms with Crippen molar-refractivity contribution >= 4 is 17.5 Å². The van der Waals surface area contributed by atoms with Crippen LogP contribution >= 0.6 is 11.6 Å². The number of rotatable bonds is 4. The molecule has 0 aromatic heterocycles. The van der Waals surface area contributed by atoms with Crippen LogP contribution in [-0.4, -0.2) is 22.7 Å². The van der Waals surface area contributed by atoms with E-state index in [0.29, 0.717) is 16.7 Å². The molecule has 0 spiro atoms. The van der Waals surface area contributed by atoms with Gasteiger partial charge in [0.25, 0.3) is 5.91 Å². The van der Waals surface area contributed by atoms with Crippen molar-refractivity contribution in [1.82, 2.24) is 5.32 Å². The summed E-state index contributed by atoms with van der Waals surface area (Å²) in [6, 6.07) is 5.52. The monoisotopic (exact) mass is 345 g/mol. The summed E-state index contributed by atoms with van der Waals surface area (Å²) in [5, 5.41) is 21.2. The highest BCUT2D eigenvalue weighted by Gasteiger charge is 2.24. The molecule has 0 saturated heterocycles. The number of phenolic OH excluding ortho intramolecular Hbond substituents is 1. The Labute approximate surface area is 134 Å². The fourth-order valence-electron chi connectivity index (χ4n) is 1.92. The molecule has 4 nitrogen and oxygen atoms in total. The molecule has 1 amide bonds. The van der Waals surface area contributed by atoms with Crippen LogP contribution in [0.25, 0.3) is 0 Å². The number of aromatic hydroxyl groups is 1. The van der Waals surface area contributed by atoms with Gasteiger partial charge in [-0.3, -0.25) is 4.79 Å². The van der Waals surface area contributed by atoms with E-state index >= 15 is 0 Å². The molecule has 122 valence electrons. The van der Waals surface area contributed by atoms with Gasteiger partial charge in [0, 0.05) is 5.02 Å². The first-order valence-electron chi connectivity index (χ1n) is 6.38. The van der Waals surface area contributed by atoms with E-state index < -0.39 is 47.3 Å². The highest BCUT2D eigenvalue weighted by atomic mass is 35.5. The van der Waals surface area contributed by atoms with Crippen LogP contribution < -0.4 is 5.32 Å². The second kappa shape index (κ2) is 6.89. The summed E-state index contributed by atoms with van der Waals surface area (Å²) >= 11 is 5.73. The van der Waals surface area contributed by atoms with Crippen molar-refractivity contribution in [3.8, 4) is 5.75 Å². The van der Waals surface area contributed by atoms with Crippen LogP contribution in [0.2, 0.25) is 5.02 Å². The van der Waals surface area contributed by atoms with Crippen molar-refractivity contribution in [2.75, 3.05) is 6.61 Å². The van der Waals surface area contributed by atoms with E-state index in [4.69, 9.17) is 16.7 Å². The quantitative estimate of drug-likeness (QED) is 0.746. The maximum Gasteiger partial charge on any atom is 0.255 e. The molecule has 2 aromatic rings. The minimum atomic E-state index is -1.78. The van der Waals surface area contributed by atoms with E-state index in [1.807, 2.05) is 0 Å². The highest BCUT2D eigenvalue weighted by molar-refractivity contribution is 6.30. The Balaban J connectivity index is 2.29. The molecule has 0 aliphatic rings. The summed E-state index contributed by atoms with van der Waals surface area (Å²) in [4.78, 5) is 12.0. The smallest absolute Gasteiger partial charge is 0.255 e. The number of phenols is 1. The van der Waals surface area contributed by atoms with Gasteiger partial charge < -0.3 is 15.5 Å². The number of hydrogen-bond donors (Lipinski definition) is 3. The average molecular weight is 346 g/mol. The van der Waals surface area contributed by atoms with Crippen LogP contribution in [0, 0.1) is 17.5 Å². The van der Waals surface area contributed by atoms with Gasteiger partial charge in [-0.05, 0) is 23.8 Å². The van der Waals surface area contributed by atoms with Gasteiger partial charge >= 0.3 is 0 Å². The van der Waals surface area contributed by atoms with Crippen LogP contribution in [0.5, 0.6) is 5.75 Å². The molecule has 1 atom stereocenters. The molecule has 0 radical (unpaired) electrons. The molecule has 8 heteroatoms. The number of hydrogen-bond acceptors (Lipinski definition) is 3. The zero-order valence-corrected chi connectivity index (χ0v) is 12.2. The third kappa shape index (κ3) is 3.57. The fourth-order valence-corrected chi connectivity index (χ4v) is 2.05. The normalized spacial score (nSPS) is 12.0. The van der Waals surface area contributed by atoms with Gasteiger partial charge in [0.2, 0.25) is 5.82 Å². The number of carbonyl (C=O) groups is 1. The summed E-state index contributed by atoms with van der Waals surface area (Å²) in [6.07, 6.45) is 0. The van der Waals surface area contributed by atoms with Crippen molar-refractivity contribution in [3.05, 3.63) is 63.9 Å². The van der Waals surface area contributed by atoms with E-state index in [2.05, 4.69) is 5.32 Å². The largest absolute Gasteiger partial charge is 0.503 e. The van der Waals surface area contributed by atoms with Gasteiger partial charge in [0.1, 0.15) is 0 Å². The molecule has 1 unspecified atom stereocenters. The molecule has 0 aliphatic heterocycles. The molecule has 0 saturated carbocycles. The van der Waals surface area contributed by atoms with Crippen molar-refractivity contribution in [2.24, 2.45) is 0 Å². The maximum absolute atomic E-state index is 13.7. The Bertz CT molecular complexity index is 738. The summed E-state index contributed by atoms with van der Waals surface area (Å²) < 4.78 is 39.9. The molecule has 2 rings (SSSR count). The number of aliphatic hydroxyl groups is 1. The van der Waals surface area contributed by atoms with E-state index in [0.717, 1.165) is 0 Å². The lowest BCUT2D eigenvalue weighted by Gasteiger charge is -2.17. The zero-order chi connectivity index (χ0) is 17.1. The van der Waals surface area contributed by atoms with Crippen molar-refractivity contribution in [1.29, 1.82) is 0 Å². The van der Waals surface area contributed by atoms with Gasteiger partial charge in [0.15, 0.2) is 17.4 Å². The first kappa shape index (κ1) is 17.1. The van der Waals surface area contributed by atoms with Crippen LogP contribution in [0.1, 0.15) is 22.0 Å². The minimum Gasteiger partial charge on any atom is -0.503 e. The molecule has 0 heterocycles. The number of halogens is 4. The van der Waals surface area contributed by atoms with E-state index in [9.17, 15) is 23.1 Å². The lowest BCUT2D eigenvalue weighted by atomic mass is 10.1. The molecule has 3 N–H and O–H groups in total. The molecule has 0 fully saturated rings. The second-order valence-electron chi connectivity index (χ2n) is 4.64. The van der Waals surface area contributed by atoms with Crippen LogP contribution in [0.4, 0.5) is 13.2 Å². The third-order valence-electron chi connectivity index (χ3n) is 3.14. The fraction of sp³-hybridized carbons (Fsp3) is 0.133. The Morgan fingerprint density at radius 2 is 1.78 bits per heavy atom. The molecule has 23 heavy (non-hydrogen) atoms. The second-order valence-corrected chi connectivity index (χ2v) is 5.08. The Morgan fingerprint density at radius 3 is 2.35 bits per heavy atom. The first-order valence-corrected chi connectivity index (χ1v) is 6.76. The Hall–Kier alpha value is -2.25. The van der Waals surface area contributed by atoms with Gasteiger partial charge in [-0.2, -0.15) is 4.39 Å². The number of nitrogens with one attached hydrogen (secondary N) is 1. The number of aliphatic hydroxyl groups excluding tert-OH is 1. The lowest BCUT2D eigenvalue weighted by molar-refractivity contribution is 0.0910. The number of benzene rings is 2. The third-order valence-corrected chi connectivity index (χ3v) is 3.39. The van der Waals surface area contributed by atoms with Crippen LogP contribution in [0.15, 0.2) is 30.3 Å². The average Bonchev–Trinajstić information content (AvgIpc) is 2.54. The van der Waals surface area contributed by atoms with Gasteiger partial charge in [-0.1, -0.05) is 23.7 Å². The predicted molar refractivity (Wildman–Crippen MR) is 76.7 cm³/mol. The maximum atomic E-state index is 13.7. The van der Waals surface area contributed by atoms with Gasteiger partial charge in [0.05, 0.1) is 18.2 Å². The highest BCUT2D eigenvalue weighted by Crippen LogP contribution is 2.26. The van der Waals surface area contributed by atoms with Crippen molar-refractivity contribution in [3.63, 3.8) is 0 Å². The van der Waals surface area contributed by atoms with Gasteiger partial charge in [-0.25, -0.2) is 8.78 Å². The van der Waals surface area contributed by atoms with Gasteiger partial charge in [-0.15, -0.1) is 0 Å². The van der Waals surface area contributed by atoms with Crippen LogP contribution in [-0.2, 0) is 0 Å². The predicted octanol–water partition coefficient (Wildman–Crippen LogP) is 2.93. The van der Waals surface area contributed by atoms with E-state index in [1.54, 1.807) is 0 Å². The van der Waals surface area contributed by atoms with Crippen molar-refractivity contribution in [2.45, 2.75) is 6.04 Å². The standard InChI is InChI=1S/C15H11ClF3NO3/c16-8-3-1-7(2-4-8)11(6-21)20-15(23)9-5-10(17)13(19)14(22)12(9)18/h1-5,11,21-22H,6H2,(H,20,23). The zero-order valence-electron chi connectivity index (χ0n) is 11.5. The lowest BCUT2D eigenvalue weighted by Crippen LogP contribution is -2.31. The van der Waals surface area contributed by atoms with E-state index in [1.165, 1.54) is 24.3 Å². The summed E-state index contributed by atoms with van der Waals surface area (Å²) in [5.74, 6) is -7.64. The first-order chi connectivity index (χ1) is 10.8. The summed E-state index contributed by atoms with van der Waals surface area (Å²) in [5.41, 5.74) is -0.411. The van der Waals surface area contributed by atoms with Crippen LogP contribution in [0.3, 0.4) is 0 Å². The topological polar surface area (TPSA) is 69.6 Å². The Morgan fingerprint density at radius 1 is 1.17 bits per heavy atom. The SMILES string of the molecule is O=C(NC(CO)c1ccc(Cl)cc1)c1cc(F)c(F)c(O)c1F. The molecule has 0 aliphatic carbocycles.